The van der Waals surface area contributed by atoms with E-state index in [9.17, 15) is 4.79 Å². The molecular formula is C25H36N4OS. The third kappa shape index (κ3) is 6.61. The van der Waals surface area contributed by atoms with E-state index in [4.69, 9.17) is 0 Å². The van der Waals surface area contributed by atoms with Gasteiger partial charge in [0.25, 0.3) is 0 Å². The Hall–Kier alpha value is -1.76. The van der Waals surface area contributed by atoms with Gasteiger partial charge in [-0.3, -0.25) is 14.6 Å². The van der Waals surface area contributed by atoms with Crippen molar-refractivity contribution in [2.45, 2.75) is 59.2 Å². The molecule has 2 aliphatic heterocycles. The van der Waals surface area contributed by atoms with Crippen molar-refractivity contribution in [1.82, 2.24) is 20.1 Å². The average Bonchev–Trinajstić information content (AvgIpc) is 3.19. The van der Waals surface area contributed by atoms with Crippen LogP contribution in [0.2, 0.25) is 0 Å². The van der Waals surface area contributed by atoms with E-state index in [2.05, 4.69) is 56.7 Å². The Morgan fingerprint density at radius 2 is 1.61 bits per heavy atom. The van der Waals surface area contributed by atoms with E-state index < -0.39 is 0 Å². The Kier molecular flexibility index (Phi) is 7.75. The smallest absolute Gasteiger partial charge is 0.223 e. The van der Waals surface area contributed by atoms with Crippen molar-refractivity contribution in [2.24, 2.45) is 11.8 Å². The molecule has 0 unspecified atom stereocenters. The number of rotatable bonds is 7. The van der Waals surface area contributed by atoms with Crippen LogP contribution >= 0.6 is 11.3 Å². The fraction of sp³-hybridized carbons (Fsp3) is 0.600. The molecule has 0 spiro atoms. The van der Waals surface area contributed by atoms with Crippen molar-refractivity contribution in [3.05, 3.63) is 51.5 Å². The van der Waals surface area contributed by atoms with Gasteiger partial charge in [-0.1, -0.05) is 31.2 Å². The Balaban J connectivity index is 1.17. The number of hydrogen-bond donors (Lipinski definition) is 1. The van der Waals surface area contributed by atoms with Crippen LogP contribution in [0.5, 0.6) is 0 Å². The number of aromatic nitrogens is 1. The number of thiazole rings is 1. The molecule has 0 saturated carbocycles. The zero-order valence-corrected chi connectivity index (χ0v) is 19.8. The van der Waals surface area contributed by atoms with Crippen molar-refractivity contribution in [2.75, 3.05) is 26.2 Å². The fourth-order valence-electron chi connectivity index (χ4n) is 4.64. The molecule has 2 aromatic rings. The molecule has 168 valence electrons. The summed E-state index contributed by atoms with van der Waals surface area (Å²) in [6, 6.07) is 8.78. The van der Waals surface area contributed by atoms with Gasteiger partial charge >= 0.3 is 0 Å². The molecule has 1 aromatic heterocycles. The molecule has 5 nitrogen and oxygen atoms in total. The topological polar surface area (TPSA) is 48.5 Å². The fourth-order valence-corrected chi connectivity index (χ4v) is 5.24. The van der Waals surface area contributed by atoms with E-state index in [1.807, 2.05) is 6.92 Å². The predicted molar refractivity (Wildman–Crippen MR) is 127 cm³/mol. The summed E-state index contributed by atoms with van der Waals surface area (Å²) in [6.07, 6.45) is 4.49. The standard InChI is InChI=1S/C25H36N4OS/c1-19-7-11-28(12-8-19)16-22-5-3-21(4-6-22)15-26-25(30)23-9-13-29(14-10-23)17-24-18-31-20(2)27-24/h3-6,18-19,23H,7-17H2,1-2H3,(H,26,30). The van der Waals surface area contributed by atoms with Gasteiger partial charge in [0.2, 0.25) is 5.91 Å². The Morgan fingerprint density at radius 1 is 1.00 bits per heavy atom. The molecular weight excluding hydrogens is 404 g/mol. The van der Waals surface area contributed by atoms with Gasteiger partial charge in [-0.25, -0.2) is 4.98 Å². The van der Waals surface area contributed by atoms with E-state index >= 15 is 0 Å². The number of amides is 1. The number of piperidine rings is 2. The maximum Gasteiger partial charge on any atom is 0.223 e. The lowest BCUT2D eigenvalue weighted by molar-refractivity contribution is -0.126. The van der Waals surface area contributed by atoms with E-state index in [1.54, 1.807) is 11.3 Å². The normalized spacial score (nSPS) is 19.5. The molecule has 31 heavy (non-hydrogen) atoms. The lowest BCUT2D eigenvalue weighted by Crippen LogP contribution is -2.40. The van der Waals surface area contributed by atoms with Crippen LogP contribution in [0.1, 0.15) is 54.4 Å². The number of likely N-dealkylation sites (tertiary alicyclic amines) is 2. The largest absolute Gasteiger partial charge is 0.352 e. The van der Waals surface area contributed by atoms with Crippen molar-refractivity contribution in [1.29, 1.82) is 0 Å². The number of nitrogens with zero attached hydrogens (tertiary/aromatic N) is 3. The number of aryl methyl sites for hydroxylation is 1. The summed E-state index contributed by atoms with van der Waals surface area (Å²) in [5.41, 5.74) is 3.71. The summed E-state index contributed by atoms with van der Waals surface area (Å²) < 4.78 is 0. The molecule has 3 heterocycles. The van der Waals surface area contributed by atoms with Crippen molar-refractivity contribution in [3.63, 3.8) is 0 Å². The first-order valence-electron chi connectivity index (χ1n) is 11.8. The molecule has 2 aliphatic rings. The summed E-state index contributed by atoms with van der Waals surface area (Å²) in [7, 11) is 0. The maximum absolute atomic E-state index is 12.6. The SMILES string of the molecule is Cc1nc(CN2CCC(C(=O)NCc3ccc(CN4CCC(C)CC4)cc3)CC2)cs1. The summed E-state index contributed by atoms with van der Waals surface area (Å²) in [5.74, 6) is 1.21. The molecule has 0 aliphatic carbocycles. The predicted octanol–water partition coefficient (Wildman–Crippen LogP) is 4.21. The van der Waals surface area contributed by atoms with Crippen molar-refractivity contribution in [3.8, 4) is 0 Å². The Bertz CT molecular complexity index is 833. The van der Waals surface area contributed by atoms with Crippen LogP contribution in [-0.4, -0.2) is 46.9 Å². The molecule has 2 saturated heterocycles. The van der Waals surface area contributed by atoms with Gasteiger partial charge < -0.3 is 5.32 Å². The highest BCUT2D eigenvalue weighted by Gasteiger charge is 2.25. The second-order valence-electron chi connectivity index (χ2n) is 9.40. The van der Waals surface area contributed by atoms with E-state index in [1.165, 1.54) is 37.1 Å². The number of carbonyl (C=O) groups excluding carboxylic acids is 1. The summed E-state index contributed by atoms with van der Waals surface area (Å²) in [5, 5.41) is 6.43. The molecule has 4 rings (SSSR count). The first-order valence-corrected chi connectivity index (χ1v) is 12.6. The van der Waals surface area contributed by atoms with Gasteiger partial charge in [0.15, 0.2) is 0 Å². The van der Waals surface area contributed by atoms with E-state index in [-0.39, 0.29) is 11.8 Å². The minimum absolute atomic E-state index is 0.134. The van der Waals surface area contributed by atoms with E-state index in [0.29, 0.717) is 6.54 Å². The molecule has 1 aromatic carbocycles. The van der Waals surface area contributed by atoms with E-state index in [0.717, 1.165) is 55.6 Å². The minimum atomic E-state index is 0.134. The third-order valence-corrected chi connectivity index (χ3v) is 7.61. The zero-order valence-electron chi connectivity index (χ0n) is 19.0. The van der Waals surface area contributed by atoms with Gasteiger partial charge in [0.1, 0.15) is 0 Å². The monoisotopic (exact) mass is 440 g/mol. The Labute approximate surface area is 190 Å². The van der Waals surface area contributed by atoms with Gasteiger partial charge in [0.05, 0.1) is 10.7 Å². The van der Waals surface area contributed by atoms with Crippen LogP contribution in [0.4, 0.5) is 0 Å². The quantitative estimate of drug-likeness (QED) is 0.701. The highest BCUT2D eigenvalue weighted by molar-refractivity contribution is 7.09. The lowest BCUT2D eigenvalue weighted by atomic mass is 9.95. The molecule has 2 fully saturated rings. The molecule has 0 atom stereocenters. The number of hydrogen-bond acceptors (Lipinski definition) is 5. The highest BCUT2D eigenvalue weighted by atomic mass is 32.1. The van der Waals surface area contributed by atoms with Crippen LogP contribution in [0.25, 0.3) is 0 Å². The second kappa shape index (κ2) is 10.7. The molecule has 0 bridgehead atoms. The zero-order chi connectivity index (χ0) is 21.6. The van der Waals surface area contributed by atoms with Crippen molar-refractivity contribution < 1.29 is 4.79 Å². The lowest BCUT2D eigenvalue weighted by Gasteiger charge is -2.30. The van der Waals surface area contributed by atoms with Gasteiger partial charge in [-0.15, -0.1) is 11.3 Å². The molecule has 1 amide bonds. The minimum Gasteiger partial charge on any atom is -0.352 e. The Morgan fingerprint density at radius 3 is 2.26 bits per heavy atom. The maximum atomic E-state index is 12.6. The second-order valence-corrected chi connectivity index (χ2v) is 10.5. The van der Waals surface area contributed by atoms with Gasteiger partial charge in [-0.05, 0) is 75.8 Å². The van der Waals surface area contributed by atoms with Crippen LogP contribution in [0, 0.1) is 18.8 Å². The summed E-state index contributed by atoms with van der Waals surface area (Å²) in [4.78, 5) is 22.2. The van der Waals surface area contributed by atoms with Crippen LogP contribution in [0.15, 0.2) is 29.6 Å². The average molecular weight is 441 g/mol. The first-order chi connectivity index (χ1) is 15.0. The van der Waals surface area contributed by atoms with Gasteiger partial charge in [-0.2, -0.15) is 0 Å². The molecule has 1 N–H and O–H groups in total. The van der Waals surface area contributed by atoms with Crippen LogP contribution < -0.4 is 5.32 Å². The molecule has 6 heteroatoms. The summed E-state index contributed by atoms with van der Waals surface area (Å²) >= 11 is 1.71. The van der Waals surface area contributed by atoms with Crippen LogP contribution in [-0.2, 0) is 24.4 Å². The number of nitrogens with one attached hydrogen (secondary N) is 1. The number of carbonyl (C=O) groups is 1. The van der Waals surface area contributed by atoms with Crippen LogP contribution in [0.3, 0.4) is 0 Å². The van der Waals surface area contributed by atoms with Gasteiger partial charge in [0, 0.05) is 30.9 Å². The number of benzene rings is 1. The van der Waals surface area contributed by atoms with Crippen molar-refractivity contribution >= 4 is 17.2 Å². The third-order valence-electron chi connectivity index (χ3n) is 6.78. The summed E-state index contributed by atoms with van der Waals surface area (Å²) in [6.45, 7) is 11.3. The highest BCUT2D eigenvalue weighted by Crippen LogP contribution is 2.21. The first kappa shape index (κ1) is 22.4. The molecule has 0 radical (unpaired) electrons.